The van der Waals surface area contributed by atoms with E-state index in [-0.39, 0.29) is 11.2 Å². The van der Waals surface area contributed by atoms with Crippen molar-refractivity contribution in [2.24, 2.45) is 5.73 Å². The van der Waals surface area contributed by atoms with Gasteiger partial charge in [0, 0.05) is 17.6 Å². The van der Waals surface area contributed by atoms with Crippen LogP contribution < -0.4 is 11.5 Å². The maximum absolute atomic E-state index is 13.5. The van der Waals surface area contributed by atoms with Crippen molar-refractivity contribution in [1.82, 2.24) is 0 Å². The average molecular weight is 258 g/mol. The highest BCUT2D eigenvalue weighted by Crippen LogP contribution is 2.31. The minimum absolute atomic E-state index is 0.281. The van der Waals surface area contributed by atoms with E-state index in [0.717, 1.165) is 12.0 Å². The van der Waals surface area contributed by atoms with Gasteiger partial charge in [-0.2, -0.15) is 0 Å². The topological polar surface area (TPSA) is 52.0 Å². The van der Waals surface area contributed by atoms with Crippen molar-refractivity contribution in [2.45, 2.75) is 18.8 Å². The summed E-state index contributed by atoms with van der Waals surface area (Å²) < 4.78 is 13.5. The van der Waals surface area contributed by atoms with E-state index < -0.39 is 0 Å². The van der Waals surface area contributed by atoms with Crippen LogP contribution in [0.1, 0.15) is 18.1 Å². The molecule has 1 atom stereocenters. The highest BCUT2D eigenvalue weighted by atomic mass is 19.1. The lowest BCUT2D eigenvalue weighted by Crippen LogP contribution is -2.35. The van der Waals surface area contributed by atoms with Crippen LogP contribution in [0.5, 0.6) is 0 Å². The molecule has 0 bridgehead atoms. The van der Waals surface area contributed by atoms with Gasteiger partial charge in [0.1, 0.15) is 5.82 Å². The number of benzene rings is 2. The van der Waals surface area contributed by atoms with E-state index in [1.807, 2.05) is 37.3 Å². The summed E-state index contributed by atoms with van der Waals surface area (Å²) in [5.74, 6) is -0.281. The SMILES string of the molecule is CC(CN)(Cc1ccccc1)c1cc(F)ccc1N. The molecule has 0 aromatic heterocycles. The number of nitrogens with two attached hydrogens (primary N) is 2. The van der Waals surface area contributed by atoms with E-state index in [0.29, 0.717) is 12.2 Å². The van der Waals surface area contributed by atoms with Crippen LogP contribution in [-0.2, 0) is 11.8 Å². The molecule has 1 unspecified atom stereocenters. The fourth-order valence-electron chi connectivity index (χ4n) is 2.37. The van der Waals surface area contributed by atoms with Crippen LogP contribution in [0.15, 0.2) is 48.5 Å². The Labute approximate surface area is 113 Å². The molecule has 3 heteroatoms. The monoisotopic (exact) mass is 258 g/mol. The van der Waals surface area contributed by atoms with E-state index in [9.17, 15) is 4.39 Å². The summed E-state index contributed by atoms with van der Waals surface area (Å²) >= 11 is 0. The number of rotatable bonds is 4. The Hall–Kier alpha value is -1.87. The van der Waals surface area contributed by atoms with Crippen molar-refractivity contribution in [3.8, 4) is 0 Å². The van der Waals surface area contributed by atoms with Gasteiger partial charge in [0.05, 0.1) is 0 Å². The number of anilines is 1. The summed E-state index contributed by atoms with van der Waals surface area (Å²) in [5.41, 5.74) is 14.1. The summed E-state index contributed by atoms with van der Waals surface area (Å²) in [7, 11) is 0. The number of halogens is 1. The summed E-state index contributed by atoms with van der Waals surface area (Å²) in [4.78, 5) is 0. The minimum Gasteiger partial charge on any atom is -0.398 e. The summed E-state index contributed by atoms with van der Waals surface area (Å²) in [6, 6.07) is 14.5. The van der Waals surface area contributed by atoms with E-state index in [1.165, 1.54) is 17.7 Å². The summed E-state index contributed by atoms with van der Waals surface area (Å²) in [6.07, 6.45) is 0.734. The van der Waals surface area contributed by atoms with Crippen molar-refractivity contribution >= 4 is 5.69 Å². The molecule has 0 saturated heterocycles. The van der Waals surface area contributed by atoms with Crippen LogP contribution in [0, 0.1) is 5.82 Å². The summed E-state index contributed by atoms with van der Waals surface area (Å²) in [6.45, 7) is 2.43. The predicted octanol–water partition coefficient (Wildman–Crippen LogP) is 2.87. The van der Waals surface area contributed by atoms with Gasteiger partial charge >= 0.3 is 0 Å². The van der Waals surface area contributed by atoms with Crippen molar-refractivity contribution < 1.29 is 4.39 Å². The quantitative estimate of drug-likeness (QED) is 0.828. The molecule has 2 aromatic carbocycles. The number of hydrogen-bond donors (Lipinski definition) is 2. The number of hydrogen-bond acceptors (Lipinski definition) is 2. The Bertz CT molecular complexity index is 554. The Morgan fingerprint density at radius 3 is 2.42 bits per heavy atom. The standard InChI is InChI=1S/C16H19FN2/c1-16(11-18,10-12-5-3-2-4-6-12)14-9-13(17)7-8-15(14)19/h2-9H,10-11,18-19H2,1H3. The van der Waals surface area contributed by atoms with Gasteiger partial charge in [0.2, 0.25) is 0 Å². The van der Waals surface area contributed by atoms with Crippen LogP contribution >= 0.6 is 0 Å². The Morgan fingerprint density at radius 2 is 1.79 bits per heavy atom. The third-order valence-electron chi connectivity index (χ3n) is 3.55. The lowest BCUT2D eigenvalue weighted by atomic mass is 9.76. The fraction of sp³-hybridized carbons (Fsp3) is 0.250. The van der Waals surface area contributed by atoms with Gasteiger partial charge in [-0.1, -0.05) is 37.3 Å². The molecule has 0 saturated carbocycles. The maximum atomic E-state index is 13.5. The Balaban J connectivity index is 2.39. The van der Waals surface area contributed by atoms with Crippen molar-refractivity contribution in [3.63, 3.8) is 0 Å². The van der Waals surface area contributed by atoms with Gasteiger partial charge in [0.25, 0.3) is 0 Å². The van der Waals surface area contributed by atoms with Crippen LogP contribution in [0.25, 0.3) is 0 Å². The number of nitrogen functional groups attached to an aromatic ring is 1. The molecule has 0 aliphatic heterocycles. The molecule has 2 rings (SSSR count). The van der Waals surface area contributed by atoms with Gasteiger partial charge in [-0.25, -0.2) is 4.39 Å². The van der Waals surface area contributed by atoms with E-state index in [2.05, 4.69) is 0 Å². The first kappa shape index (κ1) is 13.6. The second-order valence-electron chi connectivity index (χ2n) is 5.16. The zero-order valence-electron chi connectivity index (χ0n) is 11.1. The molecule has 0 aliphatic rings. The third-order valence-corrected chi connectivity index (χ3v) is 3.55. The van der Waals surface area contributed by atoms with E-state index >= 15 is 0 Å². The smallest absolute Gasteiger partial charge is 0.123 e. The van der Waals surface area contributed by atoms with Gasteiger partial charge in [0.15, 0.2) is 0 Å². The zero-order valence-corrected chi connectivity index (χ0v) is 11.1. The van der Waals surface area contributed by atoms with Gasteiger partial charge in [-0.3, -0.25) is 0 Å². The maximum Gasteiger partial charge on any atom is 0.123 e. The first-order chi connectivity index (χ1) is 9.05. The van der Waals surface area contributed by atoms with Crippen LogP contribution in [0.2, 0.25) is 0 Å². The normalized spacial score (nSPS) is 14.1. The Kier molecular flexibility index (Phi) is 3.86. The average Bonchev–Trinajstić information content (AvgIpc) is 2.42. The zero-order chi connectivity index (χ0) is 13.9. The molecule has 0 fully saturated rings. The lowest BCUT2D eigenvalue weighted by molar-refractivity contribution is 0.478. The van der Waals surface area contributed by atoms with Crippen molar-refractivity contribution in [1.29, 1.82) is 0 Å². The minimum atomic E-state index is -0.368. The first-order valence-corrected chi connectivity index (χ1v) is 6.35. The second-order valence-corrected chi connectivity index (χ2v) is 5.16. The van der Waals surface area contributed by atoms with Gasteiger partial charge < -0.3 is 11.5 Å². The second kappa shape index (κ2) is 5.41. The highest BCUT2D eigenvalue weighted by Gasteiger charge is 2.28. The molecule has 19 heavy (non-hydrogen) atoms. The van der Waals surface area contributed by atoms with Crippen LogP contribution in [-0.4, -0.2) is 6.54 Å². The molecular weight excluding hydrogens is 239 g/mol. The van der Waals surface area contributed by atoms with Crippen molar-refractivity contribution in [2.75, 3.05) is 12.3 Å². The molecule has 0 amide bonds. The molecular formula is C16H19FN2. The molecule has 0 spiro atoms. The highest BCUT2D eigenvalue weighted by molar-refractivity contribution is 5.51. The molecule has 2 aromatic rings. The van der Waals surface area contributed by atoms with Gasteiger partial charge in [-0.15, -0.1) is 0 Å². The molecule has 2 nitrogen and oxygen atoms in total. The molecule has 100 valence electrons. The molecule has 0 heterocycles. The van der Waals surface area contributed by atoms with E-state index in [1.54, 1.807) is 6.07 Å². The van der Waals surface area contributed by atoms with Crippen LogP contribution in [0.3, 0.4) is 0 Å². The lowest BCUT2D eigenvalue weighted by Gasteiger charge is -2.30. The predicted molar refractivity (Wildman–Crippen MR) is 77.4 cm³/mol. The first-order valence-electron chi connectivity index (χ1n) is 6.35. The van der Waals surface area contributed by atoms with Crippen LogP contribution in [0.4, 0.5) is 10.1 Å². The fourth-order valence-corrected chi connectivity index (χ4v) is 2.37. The van der Waals surface area contributed by atoms with Crippen molar-refractivity contribution in [3.05, 3.63) is 65.5 Å². The largest absolute Gasteiger partial charge is 0.398 e. The van der Waals surface area contributed by atoms with E-state index in [4.69, 9.17) is 11.5 Å². The Morgan fingerprint density at radius 1 is 1.11 bits per heavy atom. The molecule has 0 radical (unpaired) electrons. The molecule has 4 N–H and O–H groups in total. The summed E-state index contributed by atoms with van der Waals surface area (Å²) in [5, 5.41) is 0. The molecule has 0 aliphatic carbocycles. The third kappa shape index (κ3) is 2.93. The van der Waals surface area contributed by atoms with Gasteiger partial charge in [-0.05, 0) is 35.7 Å².